The Labute approximate surface area is 80.3 Å². The Morgan fingerprint density at radius 2 is 1.69 bits per heavy atom. The smallest absolute Gasteiger partial charge is 0.0195 e. The van der Waals surface area contributed by atoms with Gasteiger partial charge in [-0.15, -0.1) is 0 Å². The van der Waals surface area contributed by atoms with Crippen molar-refractivity contribution in [2.24, 2.45) is 0 Å². The topological polar surface area (TPSA) is 0 Å². The summed E-state index contributed by atoms with van der Waals surface area (Å²) in [7, 11) is 0. The summed E-state index contributed by atoms with van der Waals surface area (Å²) in [6, 6.07) is 4.68. The highest BCUT2D eigenvalue weighted by molar-refractivity contribution is 5.69. The van der Waals surface area contributed by atoms with Crippen LogP contribution in [0.2, 0.25) is 0 Å². The zero-order valence-electron chi connectivity index (χ0n) is 8.65. The van der Waals surface area contributed by atoms with Gasteiger partial charge in [0.2, 0.25) is 0 Å². The van der Waals surface area contributed by atoms with E-state index in [1.54, 1.807) is 0 Å². The van der Waals surface area contributed by atoms with E-state index in [4.69, 9.17) is 0 Å². The minimum atomic E-state index is 1.21. The van der Waals surface area contributed by atoms with Gasteiger partial charge in [-0.25, -0.2) is 0 Å². The molecule has 0 saturated carbocycles. The van der Waals surface area contributed by atoms with Gasteiger partial charge in [0.1, 0.15) is 0 Å². The standard InChI is InChI=1S/C13H16/c1-9-5-4-6-12-7-10(2)11(3)8-13(9)12/h5,7-8H,4,6H2,1-3H3. The van der Waals surface area contributed by atoms with Gasteiger partial charge in [-0.2, -0.15) is 0 Å². The van der Waals surface area contributed by atoms with Crippen LogP contribution in [0.5, 0.6) is 0 Å². The fourth-order valence-electron chi connectivity index (χ4n) is 2.00. The first-order valence-corrected chi connectivity index (χ1v) is 4.96. The van der Waals surface area contributed by atoms with E-state index in [1.807, 2.05) is 0 Å². The Bertz CT molecular complexity index is 370. The van der Waals surface area contributed by atoms with E-state index >= 15 is 0 Å². The minimum absolute atomic E-state index is 1.21. The third-order valence-electron chi connectivity index (χ3n) is 3.01. The van der Waals surface area contributed by atoms with Gasteiger partial charge in [-0.05, 0) is 61.4 Å². The number of fused-ring (bicyclic) bond motifs is 1. The van der Waals surface area contributed by atoms with Gasteiger partial charge in [0, 0.05) is 0 Å². The largest absolute Gasteiger partial charge is 0.0807 e. The van der Waals surface area contributed by atoms with Gasteiger partial charge in [0.05, 0.1) is 0 Å². The van der Waals surface area contributed by atoms with Crippen molar-refractivity contribution in [1.29, 1.82) is 0 Å². The summed E-state index contributed by atoms with van der Waals surface area (Å²) < 4.78 is 0. The number of allylic oxidation sites excluding steroid dienone is 2. The molecule has 0 fully saturated rings. The quantitative estimate of drug-likeness (QED) is 0.560. The molecule has 68 valence electrons. The van der Waals surface area contributed by atoms with Crippen LogP contribution in [0, 0.1) is 13.8 Å². The Kier molecular flexibility index (Phi) is 1.99. The number of hydrogen-bond donors (Lipinski definition) is 0. The average Bonchev–Trinajstić information content (AvgIpc) is 2.09. The second kappa shape index (κ2) is 3.02. The molecule has 0 bridgehead atoms. The lowest BCUT2D eigenvalue weighted by Crippen LogP contribution is -1.99. The second-order valence-electron chi connectivity index (χ2n) is 4.02. The molecule has 1 aromatic rings. The van der Waals surface area contributed by atoms with E-state index in [-0.39, 0.29) is 0 Å². The summed E-state index contributed by atoms with van der Waals surface area (Å²) in [6.45, 7) is 6.60. The molecule has 0 nitrogen and oxygen atoms in total. The lowest BCUT2D eigenvalue weighted by Gasteiger charge is -2.17. The van der Waals surface area contributed by atoms with E-state index in [1.165, 1.54) is 40.7 Å². The predicted molar refractivity (Wildman–Crippen MR) is 57.9 cm³/mol. The van der Waals surface area contributed by atoms with Crippen molar-refractivity contribution in [2.45, 2.75) is 33.6 Å². The lowest BCUT2D eigenvalue weighted by molar-refractivity contribution is 0.969. The van der Waals surface area contributed by atoms with Crippen molar-refractivity contribution >= 4 is 5.57 Å². The predicted octanol–water partition coefficient (Wildman–Crippen LogP) is 3.65. The molecule has 0 unspecified atom stereocenters. The van der Waals surface area contributed by atoms with E-state index in [0.717, 1.165) is 0 Å². The molecule has 0 radical (unpaired) electrons. The highest BCUT2D eigenvalue weighted by atomic mass is 14.1. The molecule has 0 N–H and O–H groups in total. The summed E-state index contributed by atoms with van der Waals surface area (Å²) in [5.74, 6) is 0. The molecule has 0 atom stereocenters. The van der Waals surface area contributed by atoms with E-state index < -0.39 is 0 Å². The van der Waals surface area contributed by atoms with Crippen LogP contribution in [-0.2, 0) is 6.42 Å². The molecule has 1 aromatic carbocycles. The fourth-order valence-corrected chi connectivity index (χ4v) is 2.00. The molecule has 0 heterocycles. The van der Waals surface area contributed by atoms with Crippen molar-refractivity contribution in [1.82, 2.24) is 0 Å². The first-order chi connectivity index (χ1) is 6.18. The van der Waals surface area contributed by atoms with Crippen LogP contribution in [0.4, 0.5) is 0 Å². The van der Waals surface area contributed by atoms with Gasteiger partial charge in [0.25, 0.3) is 0 Å². The van der Waals surface area contributed by atoms with Gasteiger partial charge in [-0.3, -0.25) is 0 Å². The Hall–Kier alpha value is -1.04. The van der Waals surface area contributed by atoms with E-state index in [2.05, 4.69) is 39.0 Å². The second-order valence-corrected chi connectivity index (χ2v) is 4.02. The Morgan fingerprint density at radius 3 is 2.46 bits per heavy atom. The molecule has 0 amide bonds. The maximum Gasteiger partial charge on any atom is -0.0195 e. The third kappa shape index (κ3) is 1.41. The monoisotopic (exact) mass is 172 g/mol. The van der Waals surface area contributed by atoms with Gasteiger partial charge >= 0.3 is 0 Å². The number of aryl methyl sites for hydroxylation is 3. The van der Waals surface area contributed by atoms with Gasteiger partial charge in [-0.1, -0.05) is 18.2 Å². The number of benzene rings is 1. The van der Waals surface area contributed by atoms with Crippen molar-refractivity contribution in [3.8, 4) is 0 Å². The van der Waals surface area contributed by atoms with Gasteiger partial charge < -0.3 is 0 Å². The van der Waals surface area contributed by atoms with Crippen molar-refractivity contribution in [3.63, 3.8) is 0 Å². The Balaban J connectivity index is 2.61. The zero-order valence-corrected chi connectivity index (χ0v) is 8.65. The molecule has 1 aliphatic carbocycles. The van der Waals surface area contributed by atoms with Crippen molar-refractivity contribution < 1.29 is 0 Å². The molecule has 1 aliphatic rings. The minimum Gasteiger partial charge on any atom is -0.0807 e. The van der Waals surface area contributed by atoms with Crippen LogP contribution in [0.3, 0.4) is 0 Å². The highest BCUT2D eigenvalue weighted by Gasteiger charge is 2.10. The normalized spacial score (nSPS) is 15.2. The molecule has 0 aliphatic heterocycles. The van der Waals surface area contributed by atoms with Crippen molar-refractivity contribution in [2.75, 3.05) is 0 Å². The van der Waals surface area contributed by atoms with Gasteiger partial charge in [0.15, 0.2) is 0 Å². The number of rotatable bonds is 0. The first kappa shape index (κ1) is 8.55. The maximum absolute atomic E-state index is 2.35. The third-order valence-corrected chi connectivity index (χ3v) is 3.01. The zero-order chi connectivity index (χ0) is 9.42. The van der Waals surface area contributed by atoms with Crippen LogP contribution in [0.15, 0.2) is 18.2 Å². The van der Waals surface area contributed by atoms with Crippen LogP contribution < -0.4 is 0 Å². The molecule has 0 saturated heterocycles. The molecule has 0 aromatic heterocycles. The average molecular weight is 172 g/mol. The molecule has 0 heteroatoms. The van der Waals surface area contributed by atoms with Crippen LogP contribution >= 0.6 is 0 Å². The summed E-state index contributed by atoms with van der Waals surface area (Å²) in [6.07, 6.45) is 4.77. The fraction of sp³-hybridized carbons (Fsp3) is 0.385. The van der Waals surface area contributed by atoms with Crippen molar-refractivity contribution in [3.05, 3.63) is 40.5 Å². The lowest BCUT2D eigenvalue weighted by atomic mass is 9.89. The molecule has 13 heavy (non-hydrogen) atoms. The highest BCUT2D eigenvalue weighted by Crippen LogP contribution is 2.28. The molecule has 2 rings (SSSR count). The molecular weight excluding hydrogens is 156 g/mol. The number of hydrogen-bond acceptors (Lipinski definition) is 0. The SMILES string of the molecule is CC1=CCCc2cc(C)c(C)cc21. The van der Waals surface area contributed by atoms with Crippen LogP contribution in [-0.4, -0.2) is 0 Å². The Morgan fingerprint density at radius 1 is 1.00 bits per heavy atom. The van der Waals surface area contributed by atoms with Crippen LogP contribution in [0.1, 0.15) is 35.6 Å². The van der Waals surface area contributed by atoms with E-state index in [0.29, 0.717) is 0 Å². The van der Waals surface area contributed by atoms with Crippen LogP contribution in [0.25, 0.3) is 5.57 Å². The maximum atomic E-state index is 2.35. The summed E-state index contributed by atoms with van der Waals surface area (Å²) in [5.41, 5.74) is 7.28. The van der Waals surface area contributed by atoms with E-state index in [9.17, 15) is 0 Å². The first-order valence-electron chi connectivity index (χ1n) is 4.96. The molecule has 0 spiro atoms. The molecular formula is C13H16. The summed E-state index contributed by atoms with van der Waals surface area (Å²) in [5, 5.41) is 0. The summed E-state index contributed by atoms with van der Waals surface area (Å²) in [4.78, 5) is 0. The summed E-state index contributed by atoms with van der Waals surface area (Å²) >= 11 is 0.